The quantitative estimate of drug-likeness (QED) is 0.371. The minimum absolute atomic E-state index is 0.0781. The highest BCUT2D eigenvalue weighted by atomic mass is 19.1. The number of nitrogens with one attached hydrogen (secondary N) is 1. The van der Waals surface area contributed by atoms with Gasteiger partial charge in [0, 0.05) is 13.1 Å². The van der Waals surface area contributed by atoms with Gasteiger partial charge in [-0.2, -0.15) is 0 Å². The van der Waals surface area contributed by atoms with Gasteiger partial charge in [0.2, 0.25) is 5.91 Å². The van der Waals surface area contributed by atoms with E-state index in [1.807, 2.05) is 24.3 Å². The molecule has 2 amide bonds. The second-order valence-electron chi connectivity index (χ2n) is 8.78. The smallest absolute Gasteiger partial charge is 0.250 e. The third kappa shape index (κ3) is 5.92. The van der Waals surface area contributed by atoms with Crippen LogP contribution in [0.25, 0.3) is 11.0 Å². The van der Waals surface area contributed by atoms with Crippen LogP contribution >= 0.6 is 0 Å². The second kappa shape index (κ2) is 10.9. The Morgan fingerprint density at radius 3 is 2.57 bits per heavy atom. The van der Waals surface area contributed by atoms with Crippen molar-refractivity contribution >= 4 is 22.8 Å². The van der Waals surface area contributed by atoms with Crippen molar-refractivity contribution < 1.29 is 18.4 Å². The van der Waals surface area contributed by atoms with Crippen LogP contribution in [-0.2, 0) is 22.7 Å². The Kier molecular flexibility index (Phi) is 7.54. The molecule has 9 heteroatoms. The molecular weight excluding hydrogens is 449 g/mol. The van der Waals surface area contributed by atoms with E-state index in [1.165, 1.54) is 28.0 Å². The SMILES string of the molecule is CC(C)CCNC(=O)C(c1ccco1)N(Cc1ccc(F)cc1)C(=O)Cn1nnc2ccccc21. The van der Waals surface area contributed by atoms with Crippen molar-refractivity contribution in [2.75, 3.05) is 6.54 Å². The summed E-state index contributed by atoms with van der Waals surface area (Å²) in [6, 6.07) is 15.5. The Bertz CT molecular complexity index is 1270. The average Bonchev–Trinajstić information content (AvgIpc) is 3.50. The van der Waals surface area contributed by atoms with E-state index < -0.39 is 6.04 Å². The van der Waals surface area contributed by atoms with Crippen molar-refractivity contribution in [3.05, 3.63) is 84.1 Å². The number of carbonyl (C=O) groups excluding carboxylic acids is 2. The molecule has 4 rings (SSSR count). The molecule has 0 fully saturated rings. The van der Waals surface area contributed by atoms with Gasteiger partial charge in [-0.05, 0) is 54.3 Å². The summed E-state index contributed by atoms with van der Waals surface area (Å²) in [4.78, 5) is 28.5. The normalized spacial score (nSPS) is 12.1. The first-order valence-electron chi connectivity index (χ1n) is 11.6. The molecule has 1 unspecified atom stereocenters. The third-order valence-electron chi connectivity index (χ3n) is 5.69. The van der Waals surface area contributed by atoms with Gasteiger partial charge in [-0.25, -0.2) is 9.07 Å². The van der Waals surface area contributed by atoms with Gasteiger partial charge in [0.1, 0.15) is 23.6 Å². The lowest BCUT2D eigenvalue weighted by Crippen LogP contribution is -2.44. The van der Waals surface area contributed by atoms with Gasteiger partial charge in [0.15, 0.2) is 6.04 Å². The van der Waals surface area contributed by atoms with E-state index in [1.54, 1.807) is 24.3 Å². The molecule has 8 nitrogen and oxygen atoms in total. The summed E-state index contributed by atoms with van der Waals surface area (Å²) in [5.41, 5.74) is 2.05. The van der Waals surface area contributed by atoms with Crippen LogP contribution in [0.1, 0.15) is 37.6 Å². The van der Waals surface area contributed by atoms with Crippen molar-refractivity contribution in [1.29, 1.82) is 0 Å². The number of aromatic nitrogens is 3. The van der Waals surface area contributed by atoms with Gasteiger partial charge in [0.25, 0.3) is 5.91 Å². The molecule has 182 valence electrons. The summed E-state index contributed by atoms with van der Waals surface area (Å²) >= 11 is 0. The number of fused-ring (bicyclic) bond motifs is 1. The minimum Gasteiger partial charge on any atom is -0.467 e. The van der Waals surface area contributed by atoms with E-state index in [0.29, 0.717) is 34.8 Å². The molecule has 35 heavy (non-hydrogen) atoms. The van der Waals surface area contributed by atoms with E-state index in [0.717, 1.165) is 6.42 Å². The largest absolute Gasteiger partial charge is 0.467 e. The monoisotopic (exact) mass is 477 g/mol. The van der Waals surface area contributed by atoms with Crippen LogP contribution in [0.4, 0.5) is 4.39 Å². The number of amides is 2. The van der Waals surface area contributed by atoms with Crippen LogP contribution < -0.4 is 5.32 Å². The fraction of sp³-hybridized carbons (Fsp3) is 0.308. The maximum absolute atomic E-state index is 13.7. The summed E-state index contributed by atoms with van der Waals surface area (Å²) in [6.07, 6.45) is 2.27. The minimum atomic E-state index is -1.01. The third-order valence-corrected chi connectivity index (χ3v) is 5.69. The number of furan rings is 1. The molecule has 0 saturated carbocycles. The summed E-state index contributed by atoms with van der Waals surface area (Å²) in [5.74, 6) is -0.333. The van der Waals surface area contributed by atoms with Crippen molar-refractivity contribution in [3.63, 3.8) is 0 Å². The molecule has 0 saturated heterocycles. The molecular formula is C26H28FN5O3. The predicted molar refractivity (Wildman–Crippen MR) is 128 cm³/mol. The molecule has 4 aromatic rings. The molecule has 1 atom stereocenters. The maximum atomic E-state index is 13.7. The van der Waals surface area contributed by atoms with E-state index in [4.69, 9.17) is 4.42 Å². The van der Waals surface area contributed by atoms with E-state index in [-0.39, 0.29) is 30.7 Å². The molecule has 0 radical (unpaired) electrons. The van der Waals surface area contributed by atoms with Crippen molar-refractivity contribution in [2.24, 2.45) is 5.92 Å². The lowest BCUT2D eigenvalue weighted by Gasteiger charge is -2.30. The number of rotatable bonds is 10. The number of hydrogen-bond donors (Lipinski definition) is 1. The topological polar surface area (TPSA) is 93.3 Å². The standard InChI is InChI=1S/C26H28FN5O3/c1-18(2)13-14-28-26(34)25(23-8-5-15-35-23)31(16-19-9-11-20(27)12-10-19)24(33)17-32-22-7-4-3-6-21(22)29-30-32/h3-12,15,18,25H,13-14,16-17H2,1-2H3,(H,28,34). The maximum Gasteiger partial charge on any atom is 0.250 e. The Hall–Kier alpha value is -4.01. The number of benzene rings is 2. The highest BCUT2D eigenvalue weighted by Gasteiger charge is 2.34. The summed E-state index contributed by atoms with van der Waals surface area (Å²) in [7, 11) is 0. The van der Waals surface area contributed by atoms with Gasteiger partial charge >= 0.3 is 0 Å². The van der Waals surface area contributed by atoms with Crippen LogP contribution in [0.2, 0.25) is 0 Å². The molecule has 0 bridgehead atoms. The molecule has 2 aromatic carbocycles. The van der Waals surface area contributed by atoms with Crippen LogP contribution in [0.5, 0.6) is 0 Å². The number of hydrogen-bond acceptors (Lipinski definition) is 5. The summed E-state index contributed by atoms with van der Waals surface area (Å²) in [6.45, 7) is 4.57. The number of carbonyl (C=O) groups is 2. The molecule has 1 N–H and O–H groups in total. The van der Waals surface area contributed by atoms with E-state index in [2.05, 4.69) is 29.5 Å². The van der Waals surface area contributed by atoms with Gasteiger partial charge in [-0.15, -0.1) is 5.10 Å². The molecule has 0 aliphatic carbocycles. The number of halogens is 1. The van der Waals surface area contributed by atoms with Crippen molar-refractivity contribution in [1.82, 2.24) is 25.2 Å². The number of nitrogens with zero attached hydrogens (tertiary/aromatic N) is 4. The highest BCUT2D eigenvalue weighted by molar-refractivity contribution is 5.88. The molecule has 0 aliphatic rings. The Labute approximate surface area is 202 Å². The van der Waals surface area contributed by atoms with Gasteiger partial charge in [-0.3, -0.25) is 9.59 Å². The zero-order valence-electron chi connectivity index (χ0n) is 19.7. The van der Waals surface area contributed by atoms with E-state index in [9.17, 15) is 14.0 Å². The molecule has 0 spiro atoms. The Morgan fingerprint density at radius 2 is 1.86 bits per heavy atom. The van der Waals surface area contributed by atoms with E-state index >= 15 is 0 Å². The Balaban J connectivity index is 1.66. The molecule has 2 aromatic heterocycles. The fourth-order valence-electron chi connectivity index (χ4n) is 3.81. The predicted octanol–water partition coefficient (Wildman–Crippen LogP) is 4.10. The zero-order valence-corrected chi connectivity index (χ0v) is 19.7. The average molecular weight is 478 g/mol. The van der Waals surface area contributed by atoms with Gasteiger partial charge < -0.3 is 14.6 Å². The lowest BCUT2D eigenvalue weighted by molar-refractivity contribution is -0.143. The first-order valence-corrected chi connectivity index (χ1v) is 11.6. The first kappa shape index (κ1) is 24.1. The molecule has 0 aliphatic heterocycles. The van der Waals surface area contributed by atoms with Crippen molar-refractivity contribution in [2.45, 2.75) is 39.4 Å². The van der Waals surface area contributed by atoms with Crippen LogP contribution in [-0.4, -0.2) is 38.3 Å². The summed E-state index contributed by atoms with van der Waals surface area (Å²) < 4.78 is 20.6. The Morgan fingerprint density at radius 1 is 1.09 bits per heavy atom. The highest BCUT2D eigenvalue weighted by Crippen LogP contribution is 2.25. The van der Waals surface area contributed by atoms with Crippen LogP contribution in [0.3, 0.4) is 0 Å². The number of para-hydroxylation sites is 1. The lowest BCUT2D eigenvalue weighted by atomic mass is 10.1. The van der Waals surface area contributed by atoms with Gasteiger partial charge in [-0.1, -0.05) is 43.3 Å². The second-order valence-corrected chi connectivity index (χ2v) is 8.78. The first-order chi connectivity index (χ1) is 16.9. The molecule has 2 heterocycles. The fourth-order valence-corrected chi connectivity index (χ4v) is 3.81. The van der Waals surface area contributed by atoms with Crippen LogP contribution in [0.15, 0.2) is 71.3 Å². The zero-order chi connectivity index (χ0) is 24.8. The summed E-state index contributed by atoms with van der Waals surface area (Å²) in [5, 5.41) is 11.2. The van der Waals surface area contributed by atoms with Crippen LogP contribution in [0, 0.1) is 11.7 Å². The van der Waals surface area contributed by atoms with Crippen molar-refractivity contribution in [3.8, 4) is 0 Å². The van der Waals surface area contributed by atoms with Gasteiger partial charge in [0.05, 0.1) is 11.8 Å².